The predicted octanol–water partition coefficient (Wildman–Crippen LogP) is 2.65. The Labute approximate surface area is 92.9 Å². The Morgan fingerprint density at radius 2 is 1.94 bits per heavy atom. The molecular weight excluding hydrogens is 214 g/mol. The maximum Gasteiger partial charge on any atom is 0.167 e. The van der Waals surface area contributed by atoms with Crippen LogP contribution in [0.2, 0.25) is 0 Å². The lowest BCUT2D eigenvalue weighted by molar-refractivity contribution is 0.00494. The minimum atomic E-state index is -0.724. The summed E-state index contributed by atoms with van der Waals surface area (Å²) in [5.41, 5.74) is 0. The van der Waals surface area contributed by atoms with Crippen molar-refractivity contribution in [3.05, 3.63) is 29.8 Å². The molecule has 0 spiro atoms. The number of benzene rings is 1. The monoisotopic (exact) mass is 228 g/mol. The van der Waals surface area contributed by atoms with E-state index in [4.69, 9.17) is 4.74 Å². The number of aliphatic hydroxyl groups excluding tert-OH is 1. The molecule has 0 radical (unpaired) electrons. The van der Waals surface area contributed by atoms with Gasteiger partial charge in [0, 0.05) is 6.07 Å². The molecule has 0 aliphatic heterocycles. The van der Waals surface area contributed by atoms with Crippen molar-refractivity contribution in [3.63, 3.8) is 0 Å². The van der Waals surface area contributed by atoms with E-state index in [1.54, 1.807) is 0 Å². The van der Waals surface area contributed by atoms with Crippen molar-refractivity contribution in [2.45, 2.75) is 37.9 Å². The smallest absolute Gasteiger partial charge is 0.167 e. The van der Waals surface area contributed by atoms with E-state index in [0.29, 0.717) is 12.8 Å². The number of rotatable bonds is 2. The van der Waals surface area contributed by atoms with Gasteiger partial charge in [0.05, 0.1) is 6.10 Å². The van der Waals surface area contributed by atoms with Crippen LogP contribution in [0.25, 0.3) is 0 Å². The third-order valence-corrected chi connectivity index (χ3v) is 2.84. The molecule has 1 N–H and O–H groups in total. The third-order valence-electron chi connectivity index (χ3n) is 2.84. The molecule has 1 saturated carbocycles. The van der Waals surface area contributed by atoms with Crippen molar-refractivity contribution >= 4 is 0 Å². The fourth-order valence-electron chi connectivity index (χ4n) is 1.95. The summed E-state index contributed by atoms with van der Waals surface area (Å²) in [6, 6.07) is 3.18. The van der Waals surface area contributed by atoms with Gasteiger partial charge in [0.25, 0.3) is 0 Å². The maximum atomic E-state index is 13.3. The number of hydrogen-bond acceptors (Lipinski definition) is 2. The molecule has 0 aromatic heterocycles. The van der Waals surface area contributed by atoms with Gasteiger partial charge >= 0.3 is 0 Å². The molecule has 88 valence electrons. The van der Waals surface area contributed by atoms with Crippen molar-refractivity contribution in [2.75, 3.05) is 0 Å². The molecule has 1 aliphatic carbocycles. The van der Waals surface area contributed by atoms with Gasteiger partial charge in [0.2, 0.25) is 0 Å². The predicted molar refractivity (Wildman–Crippen MR) is 55.2 cm³/mol. The molecule has 0 bridgehead atoms. The average molecular weight is 228 g/mol. The minimum Gasteiger partial charge on any atom is -0.485 e. The topological polar surface area (TPSA) is 29.5 Å². The second kappa shape index (κ2) is 4.78. The second-order valence-corrected chi connectivity index (χ2v) is 4.08. The summed E-state index contributed by atoms with van der Waals surface area (Å²) < 4.78 is 31.3. The number of hydrogen-bond donors (Lipinski definition) is 1. The van der Waals surface area contributed by atoms with E-state index in [0.717, 1.165) is 25.0 Å². The van der Waals surface area contributed by atoms with Crippen molar-refractivity contribution in [2.24, 2.45) is 0 Å². The Balaban J connectivity index is 2.07. The summed E-state index contributed by atoms with van der Waals surface area (Å²) in [5, 5.41) is 9.65. The molecule has 16 heavy (non-hydrogen) atoms. The number of aliphatic hydroxyl groups is 1. The standard InChI is InChI=1S/C12H14F2O2/c13-8-5-6-11(9(14)7-8)16-12-4-2-1-3-10(12)15/h5-7,10,12,15H,1-4H2/t10-,12-/m1/s1. The Morgan fingerprint density at radius 1 is 1.19 bits per heavy atom. The van der Waals surface area contributed by atoms with Crippen LogP contribution in [0.1, 0.15) is 25.7 Å². The quantitative estimate of drug-likeness (QED) is 0.843. The van der Waals surface area contributed by atoms with Gasteiger partial charge in [-0.15, -0.1) is 0 Å². The molecule has 1 aromatic carbocycles. The normalized spacial score (nSPS) is 25.4. The zero-order valence-electron chi connectivity index (χ0n) is 8.83. The van der Waals surface area contributed by atoms with Crippen LogP contribution in [-0.4, -0.2) is 17.3 Å². The highest BCUT2D eigenvalue weighted by atomic mass is 19.1. The first-order valence-electron chi connectivity index (χ1n) is 5.46. The van der Waals surface area contributed by atoms with Crippen LogP contribution in [0.3, 0.4) is 0 Å². The molecule has 1 aromatic rings. The zero-order valence-corrected chi connectivity index (χ0v) is 8.83. The van der Waals surface area contributed by atoms with Gasteiger partial charge in [0.15, 0.2) is 11.6 Å². The Kier molecular flexibility index (Phi) is 3.39. The van der Waals surface area contributed by atoms with Gasteiger partial charge in [-0.1, -0.05) is 6.42 Å². The Hall–Kier alpha value is -1.16. The highest BCUT2D eigenvalue weighted by molar-refractivity contribution is 5.25. The van der Waals surface area contributed by atoms with Gasteiger partial charge in [-0.2, -0.15) is 0 Å². The molecule has 2 nitrogen and oxygen atoms in total. The largest absolute Gasteiger partial charge is 0.485 e. The fourth-order valence-corrected chi connectivity index (χ4v) is 1.95. The summed E-state index contributed by atoms with van der Waals surface area (Å²) in [6.07, 6.45) is 2.37. The van der Waals surface area contributed by atoms with Crippen molar-refractivity contribution in [1.82, 2.24) is 0 Å². The molecule has 0 unspecified atom stereocenters. The van der Waals surface area contributed by atoms with E-state index in [-0.39, 0.29) is 11.9 Å². The first-order chi connectivity index (χ1) is 7.66. The second-order valence-electron chi connectivity index (χ2n) is 4.08. The van der Waals surface area contributed by atoms with Crippen LogP contribution in [0.15, 0.2) is 18.2 Å². The Bertz CT molecular complexity index is 368. The van der Waals surface area contributed by atoms with E-state index < -0.39 is 17.7 Å². The average Bonchev–Trinajstić information content (AvgIpc) is 2.25. The van der Waals surface area contributed by atoms with Crippen LogP contribution in [-0.2, 0) is 0 Å². The minimum absolute atomic E-state index is 0.00681. The van der Waals surface area contributed by atoms with Crippen LogP contribution >= 0.6 is 0 Å². The molecule has 0 heterocycles. The first-order valence-corrected chi connectivity index (χ1v) is 5.46. The summed E-state index contributed by atoms with van der Waals surface area (Å²) >= 11 is 0. The van der Waals surface area contributed by atoms with E-state index in [1.807, 2.05) is 0 Å². The Morgan fingerprint density at radius 3 is 2.62 bits per heavy atom. The van der Waals surface area contributed by atoms with Gasteiger partial charge in [-0.25, -0.2) is 8.78 Å². The zero-order chi connectivity index (χ0) is 11.5. The summed E-state index contributed by atoms with van der Waals surface area (Å²) in [4.78, 5) is 0. The molecule has 2 rings (SSSR count). The van der Waals surface area contributed by atoms with Gasteiger partial charge in [-0.05, 0) is 31.4 Å². The molecule has 1 fully saturated rings. The van der Waals surface area contributed by atoms with Crippen molar-refractivity contribution in [3.8, 4) is 5.75 Å². The van der Waals surface area contributed by atoms with Gasteiger partial charge in [0.1, 0.15) is 11.9 Å². The van der Waals surface area contributed by atoms with Crippen LogP contribution in [0.5, 0.6) is 5.75 Å². The molecule has 2 atom stereocenters. The lowest BCUT2D eigenvalue weighted by atomic mass is 9.95. The summed E-state index contributed by atoms with van der Waals surface area (Å²) in [7, 11) is 0. The van der Waals surface area contributed by atoms with Crippen LogP contribution < -0.4 is 4.74 Å². The van der Waals surface area contributed by atoms with E-state index >= 15 is 0 Å². The molecule has 0 saturated heterocycles. The van der Waals surface area contributed by atoms with E-state index in [1.165, 1.54) is 6.07 Å². The van der Waals surface area contributed by atoms with Crippen molar-refractivity contribution in [1.29, 1.82) is 0 Å². The first kappa shape index (κ1) is 11.3. The van der Waals surface area contributed by atoms with Crippen molar-refractivity contribution < 1.29 is 18.6 Å². The third kappa shape index (κ3) is 2.50. The fraction of sp³-hybridized carbons (Fsp3) is 0.500. The molecular formula is C12H14F2O2. The molecule has 0 amide bonds. The molecule has 1 aliphatic rings. The van der Waals surface area contributed by atoms with Gasteiger partial charge in [-0.3, -0.25) is 0 Å². The SMILES string of the molecule is O[C@@H]1CCCC[C@H]1Oc1ccc(F)cc1F. The van der Waals surface area contributed by atoms with E-state index in [9.17, 15) is 13.9 Å². The number of ether oxygens (including phenoxy) is 1. The van der Waals surface area contributed by atoms with Crippen LogP contribution in [0.4, 0.5) is 8.78 Å². The van der Waals surface area contributed by atoms with E-state index in [2.05, 4.69) is 0 Å². The summed E-state index contributed by atoms with van der Waals surface area (Å²) in [5.74, 6) is -1.35. The lowest BCUT2D eigenvalue weighted by Gasteiger charge is -2.28. The highest BCUT2D eigenvalue weighted by Gasteiger charge is 2.25. The lowest BCUT2D eigenvalue weighted by Crippen LogP contribution is -2.34. The number of halogens is 2. The molecule has 4 heteroatoms. The van der Waals surface area contributed by atoms with Gasteiger partial charge < -0.3 is 9.84 Å². The summed E-state index contributed by atoms with van der Waals surface area (Å²) in [6.45, 7) is 0. The maximum absolute atomic E-state index is 13.3. The highest BCUT2D eigenvalue weighted by Crippen LogP contribution is 2.25. The van der Waals surface area contributed by atoms with Crippen LogP contribution in [0, 0.1) is 11.6 Å².